The van der Waals surface area contributed by atoms with Gasteiger partial charge in [0.15, 0.2) is 0 Å². The van der Waals surface area contributed by atoms with Crippen molar-refractivity contribution in [1.29, 1.82) is 0 Å². The number of anilines is 1. The van der Waals surface area contributed by atoms with Crippen LogP contribution in [0.4, 0.5) is 5.69 Å². The van der Waals surface area contributed by atoms with Crippen LogP contribution in [0.25, 0.3) is 0 Å². The monoisotopic (exact) mass is 385 g/mol. The van der Waals surface area contributed by atoms with E-state index in [1.54, 1.807) is 30.3 Å². The number of nitrogens with zero attached hydrogens (tertiary/aromatic N) is 2. The average Bonchev–Trinajstić information content (AvgIpc) is 2.69. The largest absolute Gasteiger partial charge is 0.336 e. The van der Waals surface area contributed by atoms with Crippen molar-refractivity contribution in [2.75, 3.05) is 11.9 Å². The lowest BCUT2D eigenvalue weighted by Gasteiger charge is -2.35. The summed E-state index contributed by atoms with van der Waals surface area (Å²) < 4.78 is 0. The predicted molar refractivity (Wildman–Crippen MR) is 107 cm³/mol. The molecule has 1 saturated heterocycles. The number of likely N-dealkylation sites (tertiary alicyclic amines) is 1. The Morgan fingerprint density at radius 1 is 1.26 bits per heavy atom. The van der Waals surface area contributed by atoms with Crippen LogP contribution in [0, 0.1) is 6.92 Å². The second kappa shape index (κ2) is 8.53. The molecule has 142 valence electrons. The van der Waals surface area contributed by atoms with Crippen LogP contribution < -0.4 is 5.32 Å². The van der Waals surface area contributed by atoms with Crippen molar-refractivity contribution in [2.24, 2.45) is 0 Å². The highest BCUT2D eigenvalue weighted by atomic mass is 35.5. The highest BCUT2D eigenvalue weighted by Gasteiger charge is 2.26. The van der Waals surface area contributed by atoms with Crippen molar-refractivity contribution >= 4 is 29.1 Å². The number of pyridine rings is 1. The van der Waals surface area contributed by atoms with Crippen molar-refractivity contribution in [3.05, 3.63) is 58.4 Å². The highest BCUT2D eigenvalue weighted by Crippen LogP contribution is 2.23. The molecule has 5 nitrogen and oxygen atoms in total. The summed E-state index contributed by atoms with van der Waals surface area (Å²) in [6.07, 6.45) is 5.68. The first-order chi connectivity index (χ1) is 13.0. The summed E-state index contributed by atoms with van der Waals surface area (Å²) in [7, 11) is 0. The smallest absolute Gasteiger partial charge is 0.274 e. The maximum Gasteiger partial charge on any atom is 0.274 e. The zero-order valence-corrected chi connectivity index (χ0v) is 16.4. The van der Waals surface area contributed by atoms with Gasteiger partial charge in [-0.15, -0.1) is 0 Å². The van der Waals surface area contributed by atoms with Crippen molar-refractivity contribution in [3.63, 3.8) is 0 Å². The third-order valence-electron chi connectivity index (χ3n) is 5.04. The highest BCUT2D eigenvalue weighted by molar-refractivity contribution is 6.30. The molecule has 1 aromatic heterocycles. The van der Waals surface area contributed by atoms with E-state index in [9.17, 15) is 9.59 Å². The molecule has 2 aromatic rings. The Morgan fingerprint density at radius 3 is 2.81 bits per heavy atom. The molecule has 0 bridgehead atoms. The summed E-state index contributed by atoms with van der Waals surface area (Å²) in [5, 5.41) is 3.45. The number of aromatic nitrogens is 1. The number of halogens is 1. The summed E-state index contributed by atoms with van der Waals surface area (Å²) in [5.74, 6) is -0.374. The number of rotatable bonds is 4. The third kappa shape index (κ3) is 4.48. The van der Waals surface area contributed by atoms with Crippen molar-refractivity contribution in [3.8, 4) is 0 Å². The number of nitrogens with one attached hydrogen (secondary N) is 1. The Balaban J connectivity index is 1.78. The van der Waals surface area contributed by atoms with Crippen LogP contribution in [0.5, 0.6) is 0 Å². The van der Waals surface area contributed by atoms with Crippen LogP contribution in [0.15, 0.2) is 36.5 Å². The van der Waals surface area contributed by atoms with Crippen molar-refractivity contribution in [2.45, 2.75) is 45.6 Å². The van der Waals surface area contributed by atoms with E-state index in [2.05, 4.69) is 17.2 Å². The summed E-state index contributed by atoms with van der Waals surface area (Å²) in [5.41, 5.74) is 2.26. The SMILES string of the molecule is CCC1CCCCN1C(=O)c1ccnc(C(=O)Nc2ccc(Cl)cc2C)c1. The third-order valence-corrected chi connectivity index (χ3v) is 5.27. The van der Waals surface area contributed by atoms with Gasteiger partial charge in [0.25, 0.3) is 11.8 Å². The molecule has 1 unspecified atom stereocenters. The van der Waals surface area contributed by atoms with E-state index in [1.165, 1.54) is 6.20 Å². The number of carbonyl (C=O) groups excluding carboxylic acids is 2. The minimum Gasteiger partial charge on any atom is -0.336 e. The van der Waals surface area contributed by atoms with E-state index in [0.717, 1.165) is 37.8 Å². The maximum absolute atomic E-state index is 12.9. The Labute approximate surface area is 164 Å². The summed E-state index contributed by atoms with van der Waals surface area (Å²) in [6.45, 7) is 4.75. The molecule has 27 heavy (non-hydrogen) atoms. The molecule has 1 atom stereocenters. The molecule has 3 rings (SSSR count). The van der Waals surface area contributed by atoms with Gasteiger partial charge < -0.3 is 10.2 Å². The van der Waals surface area contributed by atoms with Crippen LogP contribution in [0.2, 0.25) is 5.02 Å². The van der Waals surface area contributed by atoms with Crippen molar-refractivity contribution in [1.82, 2.24) is 9.88 Å². The molecule has 2 heterocycles. The van der Waals surface area contributed by atoms with Gasteiger partial charge in [0, 0.05) is 35.1 Å². The van der Waals surface area contributed by atoms with E-state index in [1.807, 2.05) is 11.8 Å². The van der Waals surface area contributed by atoms with Gasteiger partial charge in [-0.2, -0.15) is 0 Å². The fraction of sp³-hybridized carbons (Fsp3) is 0.381. The first kappa shape index (κ1) is 19.4. The number of hydrogen-bond donors (Lipinski definition) is 1. The molecule has 1 N–H and O–H groups in total. The lowest BCUT2D eigenvalue weighted by Crippen LogP contribution is -2.43. The zero-order chi connectivity index (χ0) is 19.4. The van der Waals surface area contributed by atoms with Gasteiger partial charge in [0.1, 0.15) is 5.69 Å². The molecule has 6 heteroatoms. The molecule has 1 aliphatic rings. The second-order valence-corrected chi connectivity index (χ2v) is 7.34. The fourth-order valence-corrected chi connectivity index (χ4v) is 3.73. The zero-order valence-electron chi connectivity index (χ0n) is 15.7. The number of hydrogen-bond acceptors (Lipinski definition) is 3. The van der Waals surface area contributed by atoms with E-state index in [4.69, 9.17) is 11.6 Å². The van der Waals surface area contributed by atoms with Crippen molar-refractivity contribution < 1.29 is 9.59 Å². The van der Waals surface area contributed by atoms with Crippen LogP contribution in [-0.4, -0.2) is 34.3 Å². The molecule has 0 aliphatic carbocycles. The lowest BCUT2D eigenvalue weighted by atomic mass is 9.99. The number of carbonyl (C=O) groups is 2. The van der Waals surface area contributed by atoms with Gasteiger partial charge in [-0.25, -0.2) is 0 Å². The van der Waals surface area contributed by atoms with Crippen LogP contribution in [0.1, 0.15) is 59.0 Å². The molecule has 2 amide bonds. The minimum atomic E-state index is -0.347. The maximum atomic E-state index is 12.9. The summed E-state index contributed by atoms with van der Waals surface area (Å²) in [4.78, 5) is 31.6. The fourth-order valence-electron chi connectivity index (χ4n) is 3.50. The van der Waals surface area contributed by atoms with Gasteiger partial charge >= 0.3 is 0 Å². The normalized spacial score (nSPS) is 16.9. The second-order valence-electron chi connectivity index (χ2n) is 6.90. The van der Waals surface area contributed by atoms with Crippen LogP contribution in [0.3, 0.4) is 0 Å². The molecule has 1 aliphatic heterocycles. The lowest BCUT2D eigenvalue weighted by molar-refractivity contribution is 0.0608. The molecule has 1 aromatic carbocycles. The molecule has 0 radical (unpaired) electrons. The first-order valence-corrected chi connectivity index (χ1v) is 9.72. The van der Waals surface area contributed by atoms with Gasteiger partial charge in [-0.3, -0.25) is 14.6 Å². The Bertz CT molecular complexity index is 853. The summed E-state index contributed by atoms with van der Waals surface area (Å²) in [6, 6.07) is 8.78. The molecular formula is C21H24ClN3O2. The molecular weight excluding hydrogens is 362 g/mol. The number of benzene rings is 1. The van der Waals surface area contributed by atoms with Gasteiger partial charge in [-0.1, -0.05) is 18.5 Å². The van der Waals surface area contributed by atoms with Crippen LogP contribution >= 0.6 is 11.6 Å². The quantitative estimate of drug-likeness (QED) is 0.829. The predicted octanol–water partition coefficient (Wildman–Crippen LogP) is 4.70. The average molecular weight is 386 g/mol. The van der Waals surface area contributed by atoms with Gasteiger partial charge in [-0.05, 0) is 68.5 Å². The standard InChI is InChI=1S/C21H24ClN3O2/c1-3-17-6-4-5-11-25(17)21(27)15-9-10-23-19(13-15)20(26)24-18-8-7-16(22)12-14(18)2/h7-10,12-13,17H,3-6,11H2,1-2H3,(H,24,26). The van der Waals surface area contributed by atoms with E-state index >= 15 is 0 Å². The van der Waals surface area contributed by atoms with E-state index in [-0.39, 0.29) is 23.6 Å². The minimum absolute atomic E-state index is 0.0272. The Morgan fingerprint density at radius 2 is 2.07 bits per heavy atom. The number of piperidine rings is 1. The molecule has 1 fully saturated rings. The van der Waals surface area contributed by atoms with Crippen LogP contribution in [-0.2, 0) is 0 Å². The van der Waals surface area contributed by atoms with Gasteiger partial charge in [0.05, 0.1) is 0 Å². The van der Waals surface area contributed by atoms with Gasteiger partial charge in [0.2, 0.25) is 0 Å². The van der Waals surface area contributed by atoms with E-state index in [0.29, 0.717) is 16.3 Å². The molecule has 0 spiro atoms. The Hall–Kier alpha value is -2.40. The number of amides is 2. The van der Waals surface area contributed by atoms with E-state index < -0.39 is 0 Å². The summed E-state index contributed by atoms with van der Waals surface area (Å²) >= 11 is 5.96. The first-order valence-electron chi connectivity index (χ1n) is 9.34. The number of aryl methyl sites for hydroxylation is 1. The topological polar surface area (TPSA) is 62.3 Å². The molecule has 0 saturated carbocycles. The Kier molecular flexibility index (Phi) is 6.11.